The zero-order valence-electron chi connectivity index (χ0n) is 15.6. The lowest BCUT2D eigenvalue weighted by Gasteiger charge is -1.99. The third kappa shape index (κ3) is 16.7. The van der Waals surface area contributed by atoms with Crippen LogP contribution in [0.3, 0.4) is 0 Å². The molecule has 0 spiro atoms. The first kappa shape index (κ1) is 22.3. The lowest BCUT2D eigenvalue weighted by molar-refractivity contribution is 0.229. The fraction of sp³-hybridized carbons (Fsp3) is 0.545. The Morgan fingerprint density at radius 1 is 0.750 bits per heavy atom. The Hall–Kier alpha value is -1.70. The highest BCUT2D eigenvalue weighted by Gasteiger charge is 1.90. The zero-order valence-corrected chi connectivity index (χ0v) is 15.6. The van der Waals surface area contributed by atoms with E-state index < -0.39 is 0 Å². The number of aliphatic hydroxyl groups excluding tert-OH is 1. The van der Waals surface area contributed by atoms with Gasteiger partial charge in [-0.2, -0.15) is 0 Å². The summed E-state index contributed by atoms with van der Waals surface area (Å²) >= 11 is 0. The molecular formula is C22H36O2. The minimum Gasteiger partial charge on any atom is -0.512 e. The van der Waals surface area contributed by atoms with Gasteiger partial charge < -0.3 is 9.84 Å². The third-order valence-corrected chi connectivity index (χ3v) is 3.61. The van der Waals surface area contributed by atoms with E-state index in [0.717, 1.165) is 6.26 Å². The second-order valence-corrected chi connectivity index (χ2v) is 5.79. The maximum Gasteiger partial charge on any atom is 0.153 e. The van der Waals surface area contributed by atoms with Crippen LogP contribution >= 0.6 is 0 Å². The maximum atomic E-state index is 8.90. The van der Waals surface area contributed by atoms with Crippen LogP contribution in [0.15, 0.2) is 60.6 Å². The molecule has 0 aliphatic heterocycles. The van der Waals surface area contributed by atoms with E-state index >= 15 is 0 Å². The van der Waals surface area contributed by atoms with Crippen molar-refractivity contribution in [3.63, 3.8) is 0 Å². The Morgan fingerprint density at radius 2 is 1.33 bits per heavy atom. The fourth-order valence-electron chi connectivity index (χ4n) is 2.27. The van der Waals surface area contributed by atoms with E-state index in [0.29, 0.717) is 12.4 Å². The fourth-order valence-corrected chi connectivity index (χ4v) is 2.27. The second kappa shape index (κ2) is 19.3. The molecule has 0 bridgehead atoms. The molecule has 1 N–H and O–H groups in total. The van der Waals surface area contributed by atoms with Crippen molar-refractivity contribution in [3.8, 4) is 0 Å². The number of ether oxygens (including phenoxy) is 1. The third-order valence-electron chi connectivity index (χ3n) is 3.61. The Labute approximate surface area is 149 Å². The van der Waals surface area contributed by atoms with Gasteiger partial charge in [0.1, 0.15) is 6.26 Å². The number of aliphatic hydroxyl groups is 1. The number of hydrogen-bond acceptors (Lipinski definition) is 2. The van der Waals surface area contributed by atoms with Crippen LogP contribution < -0.4 is 0 Å². The Kier molecular flexibility index (Phi) is 18.0. The normalized spacial score (nSPS) is 13.2. The first-order valence-corrected chi connectivity index (χ1v) is 9.48. The molecule has 0 rings (SSSR count). The summed E-state index contributed by atoms with van der Waals surface area (Å²) in [6.07, 6.45) is 28.9. The second-order valence-electron chi connectivity index (χ2n) is 5.79. The molecule has 0 heterocycles. The molecule has 136 valence electrons. The summed E-state index contributed by atoms with van der Waals surface area (Å²) in [4.78, 5) is 0. The predicted molar refractivity (Wildman–Crippen MR) is 106 cm³/mol. The van der Waals surface area contributed by atoms with Crippen molar-refractivity contribution in [1.82, 2.24) is 0 Å². The van der Waals surface area contributed by atoms with E-state index in [1.807, 2.05) is 37.3 Å². The van der Waals surface area contributed by atoms with E-state index in [4.69, 9.17) is 9.84 Å². The number of unbranched alkanes of at least 4 members (excludes halogenated alkanes) is 8. The van der Waals surface area contributed by atoms with Crippen molar-refractivity contribution in [2.24, 2.45) is 0 Å². The van der Waals surface area contributed by atoms with E-state index in [2.05, 4.69) is 19.1 Å². The summed E-state index contributed by atoms with van der Waals surface area (Å²) < 4.78 is 5.18. The van der Waals surface area contributed by atoms with Gasteiger partial charge in [0, 0.05) is 0 Å². The molecule has 0 saturated carbocycles. The van der Waals surface area contributed by atoms with Crippen LogP contribution in [0, 0.1) is 0 Å². The van der Waals surface area contributed by atoms with Gasteiger partial charge in [-0.3, -0.25) is 0 Å². The number of allylic oxidation sites excluding steroid dienone is 8. The van der Waals surface area contributed by atoms with Gasteiger partial charge in [0.25, 0.3) is 0 Å². The average Bonchev–Trinajstić information content (AvgIpc) is 2.60. The smallest absolute Gasteiger partial charge is 0.153 e. The molecule has 0 saturated heterocycles. The summed E-state index contributed by atoms with van der Waals surface area (Å²) in [6.45, 7) is 4.69. The summed E-state index contributed by atoms with van der Waals surface area (Å²) in [5, 5.41) is 8.90. The van der Waals surface area contributed by atoms with Gasteiger partial charge in [-0.1, -0.05) is 94.4 Å². The number of rotatable bonds is 15. The molecular weight excluding hydrogens is 296 g/mol. The minimum absolute atomic E-state index is 0.469. The molecule has 0 unspecified atom stereocenters. The molecule has 24 heavy (non-hydrogen) atoms. The lowest BCUT2D eigenvalue weighted by atomic mass is 10.1. The molecule has 0 amide bonds. The van der Waals surface area contributed by atoms with Crippen molar-refractivity contribution >= 4 is 0 Å². The van der Waals surface area contributed by atoms with Gasteiger partial charge in [-0.05, 0) is 25.8 Å². The molecule has 0 fully saturated rings. The molecule has 0 aromatic heterocycles. The average molecular weight is 333 g/mol. The SMILES string of the molecule is CCCCCCCCCCC=CC=CC=CC=CC(=CO)OCC. The van der Waals surface area contributed by atoms with Gasteiger partial charge in [-0.15, -0.1) is 0 Å². The minimum atomic E-state index is 0.469. The first-order chi connectivity index (χ1) is 11.8. The van der Waals surface area contributed by atoms with Crippen LogP contribution in [-0.4, -0.2) is 11.7 Å². The predicted octanol–water partition coefficient (Wildman–Crippen LogP) is 7.18. The summed E-state index contributed by atoms with van der Waals surface area (Å²) in [6, 6.07) is 0. The number of hydrogen-bond donors (Lipinski definition) is 1. The molecule has 2 nitrogen and oxygen atoms in total. The van der Waals surface area contributed by atoms with E-state index in [1.165, 1.54) is 57.8 Å². The van der Waals surface area contributed by atoms with Crippen molar-refractivity contribution in [1.29, 1.82) is 0 Å². The van der Waals surface area contributed by atoms with Crippen molar-refractivity contribution < 1.29 is 9.84 Å². The Bertz CT molecular complexity index is 400. The van der Waals surface area contributed by atoms with Crippen LogP contribution in [0.4, 0.5) is 0 Å². The summed E-state index contributed by atoms with van der Waals surface area (Å²) in [5.74, 6) is 0.469. The first-order valence-electron chi connectivity index (χ1n) is 9.48. The highest BCUT2D eigenvalue weighted by atomic mass is 16.5. The quantitative estimate of drug-likeness (QED) is 0.195. The van der Waals surface area contributed by atoms with Crippen LogP contribution in [0.25, 0.3) is 0 Å². The highest BCUT2D eigenvalue weighted by molar-refractivity contribution is 5.19. The summed E-state index contributed by atoms with van der Waals surface area (Å²) in [7, 11) is 0. The van der Waals surface area contributed by atoms with E-state index in [-0.39, 0.29) is 0 Å². The zero-order chi connectivity index (χ0) is 17.7. The summed E-state index contributed by atoms with van der Waals surface area (Å²) in [5.41, 5.74) is 0. The lowest BCUT2D eigenvalue weighted by Crippen LogP contribution is -1.87. The van der Waals surface area contributed by atoms with E-state index in [9.17, 15) is 0 Å². The Balaban J connectivity index is 3.57. The molecule has 0 atom stereocenters. The topological polar surface area (TPSA) is 29.5 Å². The molecule has 2 heteroatoms. The molecule has 0 aromatic rings. The van der Waals surface area contributed by atoms with E-state index in [1.54, 1.807) is 6.08 Å². The molecule has 0 aromatic carbocycles. The van der Waals surface area contributed by atoms with Gasteiger partial charge >= 0.3 is 0 Å². The van der Waals surface area contributed by atoms with Gasteiger partial charge in [0.05, 0.1) is 6.61 Å². The standard InChI is InChI=1S/C22H36O2/c1-3-5-6-7-8-9-10-11-12-13-14-15-16-17-18-19-20-22(21-23)24-4-2/h13-21,23H,3-12H2,1-2H3. The van der Waals surface area contributed by atoms with Crippen LogP contribution in [0.5, 0.6) is 0 Å². The maximum absolute atomic E-state index is 8.90. The molecule has 0 radical (unpaired) electrons. The van der Waals surface area contributed by atoms with Gasteiger partial charge in [0.2, 0.25) is 0 Å². The largest absolute Gasteiger partial charge is 0.512 e. The van der Waals surface area contributed by atoms with Crippen LogP contribution in [0.2, 0.25) is 0 Å². The van der Waals surface area contributed by atoms with Crippen molar-refractivity contribution in [3.05, 3.63) is 60.6 Å². The van der Waals surface area contributed by atoms with Crippen LogP contribution in [0.1, 0.15) is 71.6 Å². The van der Waals surface area contributed by atoms with Gasteiger partial charge in [0.15, 0.2) is 5.76 Å². The van der Waals surface area contributed by atoms with Gasteiger partial charge in [-0.25, -0.2) is 0 Å². The molecule has 0 aliphatic rings. The van der Waals surface area contributed by atoms with Crippen molar-refractivity contribution in [2.75, 3.05) is 6.61 Å². The van der Waals surface area contributed by atoms with Crippen molar-refractivity contribution in [2.45, 2.75) is 71.6 Å². The highest BCUT2D eigenvalue weighted by Crippen LogP contribution is 2.09. The Morgan fingerprint density at radius 3 is 1.96 bits per heavy atom. The molecule has 0 aliphatic carbocycles. The van der Waals surface area contributed by atoms with Crippen LogP contribution in [-0.2, 0) is 4.74 Å². The monoisotopic (exact) mass is 332 g/mol.